The van der Waals surface area contributed by atoms with Crippen molar-refractivity contribution in [3.63, 3.8) is 0 Å². The van der Waals surface area contributed by atoms with Gasteiger partial charge in [-0.1, -0.05) is 20.8 Å². The van der Waals surface area contributed by atoms with Gasteiger partial charge in [0.1, 0.15) is 0 Å². The van der Waals surface area contributed by atoms with Gasteiger partial charge in [-0.05, 0) is 12.8 Å². The molecule has 1 rings (SSSR count). The van der Waals surface area contributed by atoms with Crippen LogP contribution in [0.5, 0.6) is 0 Å². The Balaban J connectivity index is 2.44. The minimum absolute atomic E-state index is 0.0417. The normalized spacial score (nSPS) is 17.5. The summed E-state index contributed by atoms with van der Waals surface area (Å²) < 4.78 is 0. The van der Waals surface area contributed by atoms with Gasteiger partial charge in [0.25, 0.3) is 0 Å². The van der Waals surface area contributed by atoms with Gasteiger partial charge in [-0.15, -0.1) is 0 Å². The van der Waals surface area contributed by atoms with Crippen LogP contribution in [0.2, 0.25) is 0 Å². The van der Waals surface area contributed by atoms with Crippen molar-refractivity contribution in [3.8, 4) is 0 Å². The highest BCUT2D eigenvalue weighted by molar-refractivity contribution is 5.76. The van der Waals surface area contributed by atoms with E-state index in [2.05, 4.69) is 13.8 Å². The molecule has 1 heterocycles. The van der Waals surface area contributed by atoms with Crippen LogP contribution in [-0.4, -0.2) is 53.1 Å². The van der Waals surface area contributed by atoms with Gasteiger partial charge in [0.2, 0.25) is 0 Å². The number of hydrogen-bond acceptors (Lipinski definition) is 2. The molecule has 1 atom stereocenters. The number of rotatable bonds is 5. The smallest absolute Gasteiger partial charge is 0.320 e. The molecule has 1 aliphatic heterocycles. The van der Waals surface area contributed by atoms with Crippen LogP contribution in [0.15, 0.2) is 0 Å². The fourth-order valence-corrected chi connectivity index (χ4v) is 2.17. The monoisotopic (exact) mass is 256 g/mol. The van der Waals surface area contributed by atoms with Gasteiger partial charge in [0.15, 0.2) is 0 Å². The SMILES string of the molecule is CCN(CC(C)C)C(=O)N1CC(C(C)C(=O)O)C1. The molecule has 2 amide bonds. The number of carboxylic acid groups (broad SMARTS) is 1. The molecule has 5 heteroatoms. The summed E-state index contributed by atoms with van der Waals surface area (Å²) >= 11 is 0. The van der Waals surface area contributed by atoms with Crippen molar-refractivity contribution < 1.29 is 14.7 Å². The molecule has 1 N–H and O–H groups in total. The number of likely N-dealkylation sites (tertiary alicyclic amines) is 1. The second-order valence-corrected chi connectivity index (χ2v) is 5.51. The lowest BCUT2D eigenvalue weighted by molar-refractivity contribution is -0.144. The van der Waals surface area contributed by atoms with E-state index in [0.29, 0.717) is 25.6 Å². The molecule has 0 aromatic rings. The van der Waals surface area contributed by atoms with E-state index in [9.17, 15) is 9.59 Å². The molecule has 0 saturated carbocycles. The Labute approximate surface area is 109 Å². The first kappa shape index (κ1) is 14.8. The Kier molecular flexibility index (Phi) is 4.99. The topological polar surface area (TPSA) is 60.9 Å². The molecule has 0 aromatic carbocycles. The van der Waals surface area contributed by atoms with Gasteiger partial charge in [-0.2, -0.15) is 0 Å². The zero-order valence-corrected chi connectivity index (χ0v) is 11.7. The zero-order valence-electron chi connectivity index (χ0n) is 11.7. The van der Waals surface area contributed by atoms with Crippen LogP contribution in [0.3, 0.4) is 0 Å². The molecule has 0 aliphatic carbocycles. The van der Waals surface area contributed by atoms with Crippen LogP contribution in [0, 0.1) is 17.8 Å². The lowest BCUT2D eigenvalue weighted by atomic mass is 9.87. The average Bonchev–Trinajstić information content (AvgIpc) is 2.22. The van der Waals surface area contributed by atoms with E-state index < -0.39 is 5.97 Å². The molecule has 0 radical (unpaired) electrons. The molecule has 18 heavy (non-hydrogen) atoms. The third kappa shape index (κ3) is 3.37. The van der Waals surface area contributed by atoms with E-state index >= 15 is 0 Å². The number of hydrogen-bond donors (Lipinski definition) is 1. The van der Waals surface area contributed by atoms with Crippen LogP contribution < -0.4 is 0 Å². The quantitative estimate of drug-likeness (QED) is 0.815. The van der Waals surface area contributed by atoms with E-state index in [1.807, 2.05) is 11.8 Å². The third-order valence-corrected chi connectivity index (χ3v) is 3.51. The summed E-state index contributed by atoms with van der Waals surface area (Å²) in [4.78, 5) is 26.5. The fourth-order valence-electron chi connectivity index (χ4n) is 2.17. The Bertz CT molecular complexity index is 311. The standard InChI is InChI=1S/C13H24N2O3/c1-5-14(6-9(2)3)13(18)15-7-11(8-15)10(4)12(16)17/h9-11H,5-8H2,1-4H3,(H,16,17). The van der Waals surface area contributed by atoms with Gasteiger partial charge in [-0.25, -0.2) is 4.79 Å². The molecule has 0 aromatic heterocycles. The highest BCUT2D eigenvalue weighted by Crippen LogP contribution is 2.25. The minimum atomic E-state index is -0.776. The number of amides is 2. The maximum atomic E-state index is 12.1. The molecule has 1 saturated heterocycles. The lowest BCUT2D eigenvalue weighted by Crippen LogP contribution is -2.57. The van der Waals surface area contributed by atoms with Crippen molar-refractivity contribution in [1.82, 2.24) is 9.80 Å². The summed E-state index contributed by atoms with van der Waals surface area (Å²) in [5, 5.41) is 8.90. The van der Waals surface area contributed by atoms with Crippen molar-refractivity contribution in [2.45, 2.75) is 27.7 Å². The van der Waals surface area contributed by atoms with E-state index in [4.69, 9.17) is 5.11 Å². The van der Waals surface area contributed by atoms with Gasteiger partial charge in [0.05, 0.1) is 5.92 Å². The Hall–Kier alpha value is -1.26. The second-order valence-electron chi connectivity index (χ2n) is 5.51. The van der Waals surface area contributed by atoms with Gasteiger partial charge in [-0.3, -0.25) is 4.79 Å². The Morgan fingerprint density at radius 3 is 2.28 bits per heavy atom. The fraction of sp³-hybridized carbons (Fsp3) is 0.846. The predicted molar refractivity (Wildman–Crippen MR) is 69.3 cm³/mol. The van der Waals surface area contributed by atoms with Crippen LogP contribution in [-0.2, 0) is 4.79 Å². The second kappa shape index (κ2) is 6.07. The van der Waals surface area contributed by atoms with Crippen molar-refractivity contribution >= 4 is 12.0 Å². The van der Waals surface area contributed by atoms with Crippen LogP contribution in [0.1, 0.15) is 27.7 Å². The Morgan fingerprint density at radius 2 is 1.89 bits per heavy atom. The molecule has 1 aliphatic rings. The molecule has 5 nitrogen and oxygen atoms in total. The first-order valence-corrected chi connectivity index (χ1v) is 6.63. The number of carbonyl (C=O) groups excluding carboxylic acids is 1. The van der Waals surface area contributed by atoms with Gasteiger partial charge < -0.3 is 14.9 Å². The molecule has 0 spiro atoms. The van der Waals surface area contributed by atoms with E-state index in [1.165, 1.54) is 0 Å². The van der Waals surface area contributed by atoms with Crippen LogP contribution in [0.4, 0.5) is 4.79 Å². The number of carboxylic acids is 1. The summed E-state index contributed by atoms with van der Waals surface area (Å²) in [6.07, 6.45) is 0. The van der Waals surface area contributed by atoms with Crippen LogP contribution >= 0.6 is 0 Å². The first-order chi connectivity index (χ1) is 8.36. The largest absolute Gasteiger partial charge is 0.481 e. The molecule has 104 valence electrons. The highest BCUT2D eigenvalue weighted by Gasteiger charge is 2.38. The summed E-state index contributed by atoms with van der Waals surface area (Å²) in [5.74, 6) is -0.594. The predicted octanol–water partition coefficient (Wildman–Crippen LogP) is 1.74. The van der Waals surface area contributed by atoms with E-state index in [0.717, 1.165) is 6.54 Å². The number of urea groups is 1. The maximum absolute atomic E-state index is 12.1. The first-order valence-electron chi connectivity index (χ1n) is 6.63. The molecule has 1 unspecified atom stereocenters. The number of aliphatic carboxylic acids is 1. The third-order valence-electron chi connectivity index (χ3n) is 3.51. The maximum Gasteiger partial charge on any atom is 0.320 e. The highest BCUT2D eigenvalue weighted by atomic mass is 16.4. The Morgan fingerprint density at radius 1 is 1.33 bits per heavy atom. The van der Waals surface area contributed by atoms with Crippen molar-refractivity contribution in [3.05, 3.63) is 0 Å². The summed E-state index contributed by atoms with van der Waals surface area (Å²) in [7, 11) is 0. The zero-order chi connectivity index (χ0) is 13.9. The van der Waals surface area contributed by atoms with Gasteiger partial charge >= 0.3 is 12.0 Å². The number of nitrogens with zero attached hydrogens (tertiary/aromatic N) is 2. The molecule has 0 bridgehead atoms. The van der Waals surface area contributed by atoms with Crippen LogP contribution in [0.25, 0.3) is 0 Å². The summed E-state index contributed by atoms with van der Waals surface area (Å²) in [5.41, 5.74) is 0. The molecule has 1 fully saturated rings. The lowest BCUT2D eigenvalue weighted by Gasteiger charge is -2.43. The van der Waals surface area contributed by atoms with E-state index in [1.54, 1.807) is 11.8 Å². The summed E-state index contributed by atoms with van der Waals surface area (Å²) in [6, 6.07) is 0.0417. The molecular formula is C13H24N2O3. The van der Waals surface area contributed by atoms with Crippen molar-refractivity contribution in [1.29, 1.82) is 0 Å². The molecular weight excluding hydrogens is 232 g/mol. The van der Waals surface area contributed by atoms with Crippen molar-refractivity contribution in [2.75, 3.05) is 26.2 Å². The number of carbonyl (C=O) groups is 2. The van der Waals surface area contributed by atoms with Crippen molar-refractivity contribution in [2.24, 2.45) is 17.8 Å². The van der Waals surface area contributed by atoms with Gasteiger partial charge in [0, 0.05) is 32.1 Å². The average molecular weight is 256 g/mol. The minimum Gasteiger partial charge on any atom is -0.481 e. The summed E-state index contributed by atoms with van der Waals surface area (Å²) in [6.45, 7) is 10.4. The van der Waals surface area contributed by atoms with E-state index in [-0.39, 0.29) is 17.9 Å².